The van der Waals surface area contributed by atoms with Crippen LogP contribution in [0.2, 0.25) is 5.02 Å². The molecule has 106 valence electrons. The number of hydrogen-bond acceptors (Lipinski definition) is 2. The molecule has 1 atom stereocenters. The van der Waals surface area contributed by atoms with Crippen LogP contribution in [0.1, 0.15) is 40.6 Å². The van der Waals surface area contributed by atoms with Gasteiger partial charge in [0.15, 0.2) is 0 Å². The van der Waals surface area contributed by atoms with E-state index >= 15 is 0 Å². The van der Waals surface area contributed by atoms with Crippen molar-refractivity contribution < 1.29 is 5.11 Å². The molecule has 3 nitrogen and oxygen atoms in total. The summed E-state index contributed by atoms with van der Waals surface area (Å²) in [5.74, 6) is 0. The molecule has 1 aliphatic rings. The first-order valence-electron chi connectivity index (χ1n) is 7.04. The van der Waals surface area contributed by atoms with E-state index in [1.807, 2.05) is 20.0 Å². The fourth-order valence-electron chi connectivity index (χ4n) is 3.00. The second-order valence-corrected chi connectivity index (χ2v) is 5.95. The van der Waals surface area contributed by atoms with Crippen LogP contribution in [0.4, 0.5) is 0 Å². The van der Waals surface area contributed by atoms with Crippen molar-refractivity contribution in [3.63, 3.8) is 0 Å². The number of hydrogen-bond donors (Lipinski definition) is 1. The molecule has 0 radical (unpaired) electrons. The Bertz CT molecular complexity index is 648. The number of aliphatic hydroxyl groups excluding tert-OH is 1. The molecule has 2 aromatic rings. The molecule has 0 bridgehead atoms. The monoisotopic (exact) mass is 290 g/mol. The molecule has 1 aliphatic carbocycles. The number of aromatic nitrogens is 2. The van der Waals surface area contributed by atoms with E-state index in [4.69, 9.17) is 11.6 Å². The fraction of sp³-hybridized carbons (Fsp3) is 0.438. The third kappa shape index (κ3) is 2.36. The zero-order chi connectivity index (χ0) is 14.3. The van der Waals surface area contributed by atoms with Crippen LogP contribution in [0.25, 0.3) is 0 Å². The van der Waals surface area contributed by atoms with E-state index in [-0.39, 0.29) is 0 Å². The summed E-state index contributed by atoms with van der Waals surface area (Å²) >= 11 is 6.24. The van der Waals surface area contributed by atoms with Gasteiger partial charge in [0, 0.05) is 13.5 Å². The van der Waals surface area contributed by atoms with Gasteiger partial charge in [0.25, 0.3) is 0 Å². The van der Waals surface area contributed by atoms with Gasteiger partial charge in [-0.05, 0) is 42.9 Å². The number of nitrogens with zero attached hydrogens (tertiary/aromatic N) is 2. The van der Waals surface area contributed by atoms with Crippen LogP contribution < -0.4 is 0 Å². The van der Waals surface area contributed by atoms with Gasteiger partial charge in [0.1, 0.15) is 0 Å². The predicted octanol–water partition coefficient (Wildman–Crippen LogP) is 3.15. The molecular formula is C16H19ClN2O. The Balaban J connectivity index is 1.84. The maximum absolute atomic E-state index is 10.5. The van der Waals surface area contributed by atoms with Crippen LogP contribution >= 0.6 is 11.6 Å². The number of aliphatic hydroxyl groups is 1. The van der Waals surface area contributed by atoms with Crippen molar-refractivity contribution in [1.82, 2.24) is 9.78 Å². The topological polar surface area (TPSA) is 38.0 Å². The molecule has 20 heavy (non-hydrogen) atoms. The molecule has 0 saturated heterocycles. The van der Waals surface area contributed by atoms with E-state index in [9.17, 15) is 5.11 Å². The summed E-state index contributed by atoms with van der Waals surface area (Å²) in [4.78, 5) is 0. The van der Waals surface area contributed by atoms with E-state index in [2.05, 4.69) is 17.2 Å². The van der Waals surface area contributed by atoms with Crippen molar-refractivity contribution >= 4 is 11.6 Å². The van der Waals surface area contributed by atoms with Crippen LogP contribution in [0.15, 0.2) is 18.2 Å². The zero-order valence-corrected chi connectivity index (χ0v) is 12.6. The molecule has 4 heteroatoms. The number of benzene rings is 1. The van der Waals surface area contributed by atoms with Crippen LogP contribution in [0.5, 0.6) is 0 Å². The molecule has 1 N–H and O–H groups in total. The molecule has 0 fully saturated rings. The van der Waals surface area contributed by atoms with E-state index in [0.717, 1.165) is 23.4 Å². The number of fused-ring (bicyclic) bond motifs is 1. The highest BCUT2D eigenvalue weighted by Crippen LogP contribution is 2.29. The standard InChI is InChI=1S/C16H19ClN2O/c1-10-16(17)14(19(2)18-10)9-15(20)13-7-6-11-4-3-5-12(11)8-13/h6-8,15,20H,3-5,9H2,1-2H3. The average Bonchev–Trinajstić information content (AvgIpc) is 2.98. The zero-order valence-electron chi connectivity index (χ0n) is 11.9. The maximum Gasteiger partial charge on any atom is 0.0848 e. The first-order valence-corrected chi connectivity index (χ1v) is 7.42. The fourth-order valence-corrected chi connectivity index (χ4v) is 3.24. The van der Waals surface area contributed by atoms with Gasteiger partial charge in [-0.3, -0.25) is 4.68 Å². The SMILES string of the molecule is Cc1nn(C)c(CC(O)c2ccc3c(c2)CCC3)c1Cl. The van der Waals surface area contributed by atoms with Gasteiger partial charge < -0.3 is 5.11 Å². The van der Waals surface area contributed by atoms with Gasteiger partial charge in [-0.2, -0.15) is 5.10 Å². The van der Waals surface area contributed by atoms with Crippen molar-refractivity contribution in [1.29, 1.82) is 0 Å². The minimum absolute atomic E-state index is 0.495. The highest BCUT2D eigenvalue weighted by atomic mass is 35.5. The second kappa shape index (κ2) is 5.23. The maximum atomic E-state index is 10.5. The van der Waals surface area contributed by atoms with E-state index < -0.39 is 6.10 Å². The van der Waals surface area contributed by atoms with Crippen molar-refractivity contribution in [2.45, 2.75) is 38.7 Å². The summed E-state index contributed by atoms with van der Waals surface area (Å²) in [5.41, 5.74) is 5.48. The van der Waals surface area contributed by atoms with Gasteiger partial charge >= 0.3 is 0 Å². The quantitative estimate of drug-likeness (QED) is 0.943. The molecule has 1 unspecified atom stereocenters. The van der Waals surface area contributed by atoms with Gasteiger partial charge in [0.2, 0.25) is 0 Å². The number of aryl methyl sites for hydroxylation is 4. The molecule has 0 spiro atoms. The van der Waals surface area contributed by atoms with E-state index in [1.54, 1.807) is 4.68 Å². The largest absolute Gasteiger partial charge is 0.388 e. The molecule has 1 heterocycles. The van der Waals surface area contributed by atoms with E-state index in [1.165, 1.54) is 24.0 Å². The Morgan fingerprint density at radius 3 is 2.80 bits per heavy atom. The first-order chi connectivity index (χ1) is 9.56. The van der Waals surface area contributed by atoms with Gasteiger partial charge in [-0.25, -0.2) is 0 Å². The van der Waals surface area contributed by atoms with Crippen LogP contribution in [0, 0.1) is 6.92 Å². The number of rotatable bonds is 3. The van der Waals surface area contributed by atoms with Crippen LogP contribution in [-0.2, 0) is 26.3 Å². The molecule has 0 aliphatic heterocycles. The molecule has 0 amide bonds. The molecule has 3 rings (SSSR count). The van der Waals surface area contributed by atoms with Gasteiger partial charge in [-0.1, -0.05) is 29.8 Å². The van der Waals surface area contributed by atoms with Gasteiger partial charge in [-0.15, -0.1) is 0 Å². The third-order valence-electron chi connectivity index (χ3n) is 4.16. The lowest BCUT2D eigenvalue weighted by Crippen LogP contribution is -2.07. The predicted molar refractivity (Wildman–Crippen MR) is 80.1 cm³/mol. The van der Waals surface area contributed by atoms with Crippen LogP contribution in [-0.4, -0.2) is 14.9 Å². The lowest BCUT2D eigenvalue weighted by Gasteiger charge is -2.13. The van der Waals surface area contributed by atoms with Crippen molar-refractivity contribution in [2.24, 2.45) is 7.05 Å². The Morgan fingerprint density at radius 1 is 1.35 bits per heavy atom. The lowest BCUT2D eigenvalue weighted by molar-refractivity contribution is 0.175. The number of halogens is 1. The Morgan fingerprint density at radius 2 is 2.10 bits per heavy atom. The third-order valence-corrected chi connectivity index (χ3v) is 4.65. The Hall–Kier alpha value is -1.32. The Kier molecular flexibility index (Phi) is 3.57. The summed E-state index contributed by atoms with van der Waals surface area (Å²) in [6.07, 6.45) is 3.48. The molecule has 1 aromatic carbocycles. The van der Waals surface area contributed by atoms with Gasteiger partial charge in [0.05, 0.1) is 22.5 Å². The Labute approximate surface area is 124 Å². The average molecular weight is 291 g/mol. The summed E-state index contributed by atoms with van der Waals surface area (Å²) in [5, 5.41) is 15.4. The van der Waals surface area contributed by atoms with Crippen LogP contribution in [0.3, 0.4) is 0 Å². The second-order valence-electron chi connectivity index (χ2n) is 5.57. The lowest BCUT2D eigenvalue weighted by atomic mass is 10.00. The minimum atomic E-state index is -0.534. The van der Waals surface area contributed by atoms with Crippen molar-refractivity contribution in [3.8, 4) is 0 Å². The highest BCUT2D eigenvalue weighted by molar-refractivity contribution is 6.31. The van der Waals surface area contributed by atoms with E-state index in [0.29, 0.717) is 11.4 Å². The summed E-state index contributed by atoms with van der Waals surface area (Å²) in [7, 11) is 1.86. The normalized spacial score (nSPS) is 15.4. The summed E-state index contributed by atoms with van der Waals surface area (Å²) in [6, 6.07) is 6.33. The highest BCUT2D eigenvalue weighted by Gasteiger charge is 2.18. The molecule has 1 aromatic heterocycles. The minimum Gasteiger partial charge on any atom is -0.388 e. The molecule has 0 saturated carbocycles. The summed E-state index contributed by atoms with van der Waals surface area (Å²) in [6.45, 7) is 1.88. The first kappa shape index (κ1) is 13.7. The van der Waals surface area contributed by atoms with Crippen molar-refractivity contribution in [2.75, 3.05) is 0 Å². The van der Waals surface area contributed by atoms with Crippen molar-refractivity contribution in [3.05, 3.63) is 51.3 Å². The summed E-state index contributed by atoms with van der Waals surface area (Å²) < 4.78 is 1.76. The molecular weight excluding hydrogens is 272 g/mol. The smallest absolute Gasteiger partial charge is 0.0848 e.